The smallest absolute Gasteiger partial charge is 0.0942 e. The van der Waals surface area contributed by atoms with Gasteiger partial charge in [-0.3, -0.25) is 0 Å². The molecule has 0 aliphatic rings. The number of aliphatic hydroxyl groups is 2. The van der Waals surface area contributed by atoms with Crippen molar-refractivity contribution in [3.63, 3.8) is 0 Å². The Morgan fingerprint density at radius 1 is 1.29 bits per heavy atom. The second-order valence-electron chi connectivity index (χ2n) is 2.72. The highest BCUT2D eigenvalue weighted by Crippen LogP contribution is 2.12. The Kier molecular flexibility index (Phi) is 6.66. The molecule has 0 radical (unpaired) electrons. The summed E-state index contributed by atoms with van der Waals surface area (Å²) in [5.41, 5.74) is 0.872. The second kappa shape index (κ2) is 6.90. The molecule has 3 nitrogen and oxygen atoms in total. The monoisotopic (exact) mass is 237 g/mol. The number of halogens is 2. The van der Waals surface area contributed by atoms with E-state index >= 15 is 0 Å². The summed E-state index contributed by atoms with van der Waals surface area (Å²) in [4.78, 5) is 0. The molecule has 0 saturated heterocycles. The summed E-state index contributed by atoms with van der Waals surface area (Å²) in [5.74, 6) is 0. The molecule has 3 N–H and O–H groups in total. The summed E-state index contributed by atoms with van der Waals surface area (Å²) in [6, 6.07) is 7.14. The van der Waals surface area contributed by atoms with E-state index in [1.807, 2.05) is 12.1 Å². The topological polar surface area (TPSA) is 52.5 Å². The molecule has 0 heterocycles. The zero-order valence-electron chi connectivity index (χ0n) is 7.48. The van der Waals surface area contributed by atoms with Crippen molar-refractivity contribution in [1.82, 2.24) is 0 Å². The molecule has 1 atom stereocenters. The molecule has 14 heavy (non-hydrogen) atoms. The third-order valence-corrected chi connectivity index (χ3v) is 1.85. The fourth-order valence-electron chi connectivity index (χ4n) is 0.868. The van der Waals surface area contributed by atoms with E-state index < -0.39 is 6.10 Å². The van der Waals surface area contributed by atoms with Gasteiger partial charge in [-0.25, -0.2) is 0 Å². The summed E-state index contributed by atoms with van der Waals surface area (Å²) in [7, 11) is 0. The molecule has 1 aromatic carbocycles. The third kappa shape index (κ3) is 4.67. The molecule has 0 saturated carbocycles. The van der Waals surface area contributed by atoms with E-state index in [0.29, 0.717) is 11.6 Å². The van der Waals surface area contributed by atoms with Crippen molar-refractivity contribution in [3.05, 3.63) is 29.3 Å². The third-order valence-electron chi connectivity index (χ3n) is 1.60. The number of rotatable bonds is 4. The van der Waals surface area contributed by atoms with Gasteiger partial charge in [-0.15, -0.1) is 12.4 Å². The molecule has 0 bridgehead atoms. The van der Waals surface area contributed by atoms with Gasteiger partial charge in [0.1, 0.15) is 0 Å². The Morgan fingerprint density at radius 3 is 2.36 bits per heavy atom. The SMILES string of the molecule is Cl.OCC(O)CNc1ccc(Cl)cc1. The Balaban J connectivity index is 0.00000169. The molecule has 0 spiro atoms. The first-order valence-corrected chi connectivity index (χ1v) is 4.38. The van der Waals surface area contributed by atoms with Crippen molar-refractivity contribution < 1.29 is 10.2 Å². The van der Waals surface area contributed by atoms with Crippen LogP contribution in [0.1, 0.15) is 0 Å². The highest BCUT2D eigenvalue weighted by Gasteiger charge is 2.00. The Hall–Kier alpha value is -0.480. The number of nitrogens with one attached hydrogen (secondary N) is 1. The molecule has 5 heteroatoms. The second-order valence-corrected chi connectivity index (χ2v) is 3.16. The van der Waals surface area contributed by atoms with Crippen LogP contribution in [0.25, 0.3) is 0 Å². The van der Waals surface area contributed by atoms with E-state index in [1.165, 1.54) is 0 Å². The van der Waals surface area contributed by atoms with Crippen LogP contribution in [0, 0.1) is 0 Å². The van der Waals surface area contributed by atoms with Crippen LogP contribution in [-0.2, 0) is 0 Å². The van der Waals surface area contributed by atoms with Gasteiger partial charge in [0.15, 0.2) is 0 Å². The van der Waals surface area contributed by atoms with Gasteiger partial charge in [-0.05, 0) is 24.3 Å². The van der Waals surface area contributed by atoms with Gasteiger partial charge < -0.3 is 15.5 Å². The lowest BCUT2D eigenvalue weighted by Crippen LogP contribution is -2.22. The molecule has 1 rings (SSSR count). The van der Waals surface area contributed by atoms with Gasteiger partial charge >= 0.3 is 0 Å². The van der Waals surface area contributed by atoms with E-state index in [2.05, 4.69) is 5.32 Å². The summed E-state index contributed by atoms with van der Waals surface area (Å²) >= 11 is 5.68. The first-order chi connectivity index (χ1) is 6.22. The number of aliphatic hydroxyl groups excluding tert-OH is 2. The maximum Gasteiger partial charge on any atom is 0.0942 e. The number of benzene rings is 1. The van der Waals surface area contributed by atoms with E-state index in [0.717, 1.165) is 5.69 Å². The average molecular weight is 238 g/mol. The van der Waals surface area contributed by atoms with Gasteiger partial charge in [0.05, 0.1) is 12.7 Å². The van der Waals surface area contributed by atoms with Crippen LogP contribution in [0.5, 0.6) is 0 Å². The van der Waals surface area contributed by atoms with Crippen LogP contribution < -0.4 is 5.32 Å². The van der Waals surface area contributed by atoms with Crippen molar-refractivity contribution >= 4 is 29.7 Å². The predicted molar refractivity (Wildman–Crippen MR) is 60.3 cm³/mol. The van der Waals surface area contributed by atoms with Crippen molar-refractivity contribution in [2.24, 2.45) is 0 Å². The molecule has 0 amide bonds. The number of hydrogen-bond acceptors (Lipinski definition) is 3. The summed E-state index contributed by atoms with van der Waals surface area (Å²) < 4.78 is 0. The summed E-state index contributed by atoms with van der Waals surface area (Å²) in [6.07, 6.45) is -0.726. The molecule has 1 aromatic rings. The fraction of sp³-hybridized carbons (Fsp3) is 0.333. The molecule has 0 aliphatic heterocycles. The van der Waals surface area contributed by atoms with Crippen LogP contribution in [-0.4, -0.2) is 29.5 Å². The van der Waals surface area contributed by atoms with Gasteiger partial charge in [0.25, 0.3) is 0 Å². The molecular weight excluding hydrogens is 225 g/mol. The van der Waals surface area contributed by atoms with Crippen molar-refractivity contribution in [2.75, 3.05) is 18.5 Å². The first-order valence-electron chi connectivity index (χ1n) is 4.00. The number of anilines is 1. The van der Waals surface area contributed by atoms with Gasteiger partial charge in [-0.1, -0.05) is 11.6 Å². The molecular formula is C9H13Cl2NO2. The summed E-state index contributed by atoms with van der Waals surface area (Å²) in [5, 5.41) is 21.2. The zero-order chi connectivity index (χ0) is 9.68. The van der Waals surface area contributed by atoms with E-state index in [4.69, 9.17) is 21.8 Å². The summed E-state index contributed by atoms with van der Waals surface area (Å²) in [6.45, 7) is 0.0960. The lowest BCUT2D eigenvalue weighted by atomic mass is 10.3. The van der Waals surface area contributed by atoms with Crippen molar-refractivity contribution in [1.29, 1.82) is 0 Å². The normalized spacial score (nSPS) is 11.6. The Bertz CT molecular complexity index is 253. The predicted octanol–water partition coefficient (Wildman–Crippen LogP) is 1.53. The van der Waals surface area contributed by atoms with Gasteiger partial charge in [0.2, 0.25) is 0 Å². The Morgan fingerprint density at radius 2 is 1.86 bits per heavy atom. The van der Waals surface area contributed by atoms with Gasteiger partial charge in [0, 0.05) is 17.3 Å². The molecule has 0 fully saturated rings. The largest absolute Gasteiger partial charge is 0.394 e. The molecule has 1 unspecified atom stereocenters. The first kappa shape index (κ1) is 13.5. The van der Waals surface area contributed by atoms with Crippen molar-refractivity contribution in [2.45, 2.75) is 6.10 Å². The highest BCUT2D eigenvalue weighted by molar-refractivity contribution is 6.30. The standard InChI is InChI=1S/C9H12ClNO2.ClH/c10-7-1-3-8(4-2-7)11-5-9(13)6-12;/h1-4,9,11-13H,5-6H2;1H. The maximum atomic E-state index is 9.04. The van der Waals surface area contributed by atoms with Crippen LogP contribution in [0.4, 0.5) is 5.69 Å². The molecule has 80 valence electrons. The fourth-order valence-corrected chi connectivity index (χ4v) is 0.994. The van der Waals surface area contributed by atoms with E-state index in [-0.39, 0.29) is 19.0 Å². The lowest BCUT2D eigenvalue weighted by molar-refractivity contribution is 0.105. The van der Waals surface area contributed by atoms with Crippen LogP contribution >= 0.6 is 24.0 Å². The highest BCUT2D eigenvalue weighted by atomic mass is 35.5. The van der Waals surface area contributed by atoms with Crippen LogP contribution in [0.3, 0.4) is 0 Å². The average Bonchev–Trinajstić information content (AvgIpc) is 2.16. The minimum absolute atomic E-state index is 0. The lowest BCUT2D eigenvalue weighted by Gasteiger charge is -2.09. The minimum Gasteiger partial charge on any atom is -0.394 e. The molecule has 0 aliphatic carbocycles. The van der Waals surface area contributed by atoms with Crippen LogP contribution in [0.15, 0.2) is 24.3 Å². The van der Waals surface area contributed by atoms with Crippen molar-refractivity contribution in [3.8, 4) is 0 Å². The molecule has 0 aromatic heterocycles. The van der Waals surface area contributed by atoms with E-state index in [9.17, 15) is 0 Å². The number of hydrogen-bond donors (Lipinski definition) is 3. The van der Waals surface area contributed by atoms with Crippen LogP contribution in [0.2, 0.25) is 5.02 Å². The maximum absolute atomic E-state index is 9.04. The van der Waals surface area contributed by atoms with Gasteiger partial charge in [-0.2, -0.15) is 0 Å². The minimum atomic E-state index is -0.726. The zero-order valence-corrected chi connectivity index (χ0v) is 9.05. The quantitative estimate of drug-likeness (QED) is 0.745. The van der Waals surface area contributed by atoms with E-state index in [1.54, 1.807) is 12.1 Å². The Labute approximate surface area is 94.1 Å².